The third-order valence-electron chi connectivity index (χ3n) is 5.55. The van der Waals surface area contributed by atoms with Crippen molar-refractivity contribution in [2.24, 2.45) is 0 Å². The number of nitrogens with one attached hydrogen (secondary N) is 1. The van der Waals surface area contributed by atoms with Crippen molar-refractivity contribution in [1.82, 2.24) is 20.0 Å². The van der Waals surface area contributed by atoms with E-state index in [1.54, 1.807) is 12.1 Å². The molecule has 0 spiro atoms. The molecule has 2 aromatic heterocycles. The molecule has 2 aromatic carbocycles. The van der Waals surface area contributed by atoms with Crippen LogP contribution in [0.4, 0.5) is 0 Å². The quantitative estimate of drug-likeness (QED) is 0.509. The Labute approximate surface area is 184 Å². The lowest BCUT2D eigenvalue weighted by atomic mass is 10.1. The number of hydrogen-bond donors (Lipinski definition) is 1. The SMILES string of the molecule is Cc1ccc(-c2cc(CN3CCc4nc(-c5ccc(Cl)cc5)[nH]c(=O)c4C3)no2)cc1. The van der Waals surface area contributed by atoms with Crippen LogP contribution in [0.5, 0.6) is 0 Å². The topological polar surface area (TPSA) is 75.0 Å². The van der Waals surface area contributed by atoms with Gasteiger partial charge in [-0.2, -0.15) is 0 Å². The van der Waals surface area contributed by atoms with E-state index in [1.165, 1.54) is 5.56 Å². The minimum Gasteiger partial charge on any atom is -0.356 e. The molecular formula is C24H21ClN4O2. The average molecular weight is 433 g/mol. The summed E-state index contributed by atoms with van der Waals surface area (Å²) in [7, 11) is 0. The molecule has 3 heterocycles. The molecule has 1 aliphatic heterocycles. The zero-order valence-corrected chi connectivity index (χ0v) is 17.8. The fourth-order valence-corrected chi connectivity index (χ4v) is 3.96. The first-order chi connectivity index (χ1) is 15.0. The van der Waals surface area contributed by atoms with Crippen LogP contribution in [0.1, 0.15) is 22.5 Å². The highest BCUT2D eigenvalue weighted by Gasteiger charge is 2.22. The molecule has 5 rings (SSSR count). The van der Waals surface area contributed by atoms with Crippen molar-refractivity contribution in [1.29, 1.82) is 0 Å². The lowest BCUT2D eigenvalue weighted by Crippen LogP contribution is -2.35. The maximum atomic E-state index is 12.8. The second-order valence-corrected chi connectivity index (χ2v) is 8.29. The number of benzene rings is 2. The Balaban J connectivity index is 1.32. The van der Waals surface area contributed by atoms with Gasteiger partial charge in [-0.15, -0.1) is 0 Å². The molecule has 31 heavy (non-hydrogen) atoms. The van der Waals surface area contributed by atoms with Crippen LogP contribution in [0.2, 0.25) is 5.02 Å². The summed E-state index contributed by atoms with van der Waals surface area (Å²) >= 11 is 5.96. The van der Waals surface area contributed by atoms with E-state index >= 15 is 0 Å². The van der Waals surface area contributed by atoms with E-state index in [9.17, 15) is 4.79 Å². The van der Waals surface area contributed by atoms with Gasteiger partial charge in [0.15, 0.2) is 5.76 Å². The lowest BCUT2D eigenvalue weighted by molar-refractivity contribution is 0.234. The van der Waals surface area contributed by atoms with Gasteiger partial charge < -0.3 is 9.51 Å². The highest BCUT2D eigenvalue weighted by molar-refractivity contribution is 6.30. The van der Waals surface area contributed by atoms with Gasteiger partial charge in [-0.05, 0) is 31.2 Å². The number of hydrogen-bond acceptors (Lipinski definition) is 5. The molecular weight excluding hydrogens is 412 g/mol. The van der Waals surface area contributed by atoms with Crippen molar-refractivity contribution < 1.29 is 4.52 Å². The molecule has 7 heteroatoms. The fourth-order valence-electron chi connectivity index (χ4n) is 3.83. The maximum absolute atomic E-state index is 12.8. The summed E-state index contributed by atoms with van der Waals surface area (Å²) in [6, 6.07) is 17.4. The number of aromatic amines is 1. The highest BCUT2D eigenvalue weighted by Crippen LogP contribution is 2.24. The van der Waals surface area contributed by atoms with Crippen molar-refractivity contribution in [3.05, 3.63) is 92.5 Å². The van der Waals surface area contributed by atoms with Crippen LogP contribution in [0, 0.1) is 6.92 Å². The van der Waals surface area contributed by atoms with Crippen molar-refractivity contribution >= 4 is 11.6 Å². The number of aryl methyl sites for hydroxylation is 1. The Morgan fingerprint density at radius 3 is 2.61 bits per heavy atom. The minimum absolute atomic E-state index is 0.0971. The molecule has 0 saturated heterocycles. The van der Waals surface area contributed by atoms with Crippen LogP contribution in [0.25, 0.3) is 22.7 Å². The van der Waals surface area contributed by atoms with Gasteiger partial charge in [0.25, 0.3) is 5.56 Å². The summed E-state index contributed by atoms with van der Waals surface area (Å²) in [6.45, 7) is 4.01. The Bertz CT molecular complexity index is 1280. The number of fused-ring (bicyclic) bond motifs is 1. The molecule has 6 nitrogen and oxygen atoms in total. The van der Waals surface area contributed by atoms with Gasteiger partial charge in [0.1, 0.15) is 5.82 Å². The summed E-state index contributed by atoms with van der Waals surface area (Å²) in [5, 5.41) is 4.87. The maximum Gasteiger partial charge on any atom is 0.255 e. The molecule has 1 N–H and O–H groups in total. The number of rotatable bonds is 4. The van der Waals surface area contributed by atoms with Gasteiger partial charge in [0.2, 0.25) is 0 Å². The van der Waals surface area contributed by atoms with E-state index in [0.29, 0.717) is 35.9 Å². The standard InChI is InChI=1S/C24H21ClN4O2/c1-15-2-4-16(5-3-15)22-12-19(28-31-22)13-29-11-10-21-20(14-29)24(30)27-23(26-21)17-6-8-18(25)9-7-17/h2-9,12H,10-11,13-14H2,1H3,(H,26,27,30). The van der Waals surface area contributed by atoms with Crippen molar-refractivity contribution in [2.45, 2.75) is 26.4 Å². The number of nitrogens with zero attached hydrogens (tertiary/aromatic N) is 3. The molecule has 1 aliphatic rings. The summed E-state index contributed by atoms with van der Waals surface area (Å²) in [5.74, 6) is 1.33. The number of H-pyrrole nitrogens is 1. The van der Waals surface area contributed by atoms with E-state index < -0.39 is 0 Å². The second kappa shape index (κ2) is 8.13. The normalized spacial score (nSPS) is 13.9. The van der Waals surface area contributed by atoms with Gasteiger partial charge in [-0.3, -0.25) is 9.69 Å². The minimum atomic E-state index is -0.0971. The lowest BCUT2D eigenvalue weighted by Gasteiger charge is -2.26. The first kappa shape index (κ1) is 19.7. The number of aromatic nitrogens is 3. The molecule has 0 radical (unpaired) electrons. The summed E-state index contributed by atoms with van der Waals surface area (Å²) in [4.78, 5) is 22.6. The molecule has 0 unspecified atom stereocenters. The Morgan fingerprint density at radius 1 is 1.10 bits per heavy atom. The smallest absolute Gasteiger partial charge is 0.255 e. The predicted molar refractivity (Wildman–Crippen MR) is 120 cm³/mol. The van der Waals surface area contributed by atoms with E-state index in [0.717, 1.165) is 34.8 Å². The van der Waals surface area contributed by atoms with Gasteiger partial charge >= 0.3 is 0 Å². The van der Waals surface area contributed by atoms with Crippen molar-refractivity contribution in [3.8, 4) is 22.7 Å². The van der Waals surface area contributed by atoms with Crippen LogP contribution in [0.15, 0.2) is 63.9 Å². The van der Waals surface area contributed by atoms with E-state index in [4.69, 9.17) is 21.1 Å². The van der Waals surface area contributed by atoms with Gasteiger partial charge in [0.05, 0.1) is 17.0 Å². The van der Waals surface area contributed by atoms with Gasteiger partial charge in [-0.25, -0.2) is 4.98 Å². The highest BCUT2D eigenvalue weighted by atomic mass is 35.5. The van der Waals surface area contributed by atoms with Gasteiger partial charge in [0, 0.05) is 48.3 Å². The molecule has 0 saturated carbocycles. The summed E-state index contributed by atoms with van der Waals surface area (Å²) in [5.41, 5.74) is 5.37. The Morgan fingerprint density at radius 2 is 1.84 bits per heavy atom. The first-order valence-corrected chi connectivity index (χ1v) is 10.6. The van der Waals surface area contributed by atoms with Crippen molar-refractivity contribution in [3.63, 3.8) is 0 Å². The average Bonchev–Trinajstić information content (AvgIpc) is 3.23. The first-order valence-electron chi connectivity index (χ1n) is 10.2. The third kappa shape index (κ3) is 4.17. The van der Waals surface area contributed by atoms with Crippen LogP contribution < -0.4 is 5.56 Å². The van der Waals surface area contributed by atoms with Crippen molar-refractivity contribution in [2.75, 3.05) is 6.54 Å². The number of halogens is 1. The predicted octanol–water partition coefficient (Wildman–Crippen LogP) is 4.61. The molecule has 0 amide bonds. The van der Waals surface area contributed by atoms with Crippen LogP contribution in [-0.4, -0.2) is 26.6 Å². The van der Waals surface area contributed by atoms with Crippen LogP contribution >= 0.6 is 11.6 Å². The largest absolute Gasteiger partial charge is 0.356 e. The third-order valence-corrected chi connectivity index (χ3v) is 5.80. The van der Waals surface area contributed by atoms with E-state index in [-0.39, 0.29) is 5.56 Å². The zero-order valence-electron chi connectivity index (χ0n) is 17.1. The Hall–Kier alpha value is -3.22. The monoisotopic (exact) mass is 432 g/mol. The second-order valence-electron chi connectivity index (χ2n) is 7.86. The zero-order chi connectivity index (χ0) is 21.4. The molecule has 0 atom stereocenters. The molecule has 0 aliphatic carbocycles. The van der Waals surface area contributed by atoms with Gasteiger partial charge in [-0.1, -0.05) is 46.6 Å². The molecule has 4 aromatic rings. The van der Waals surface area contributed by atoms with Crippen LogP contribution in [-0.2, 0) is 19.5 Å². The molecule has 0 fully saturated rings. The Kier molecular flexibility index (Phi) is 5.18. The fraction of sp³-hybridized carbons (Fsp3) is 0.208. The van der Waals surface area contributed by atoms with E-state index in [1.807, 2.05) is 30.3 Å². The summed E-state index contributed by atoms with van der Waals surface area (Å²) in [6.07, 6.45) is 0.711. The summed E-state index contributed by atoms with van der Waals surface area (Å²) < 4.78 is 5.53. The molecule has 0 bridgehead atoms. The molecule has 156 valence electrons. The van der Waals surface area contributed by atoms with E-state index in [2.05, 4.69) is 34.1 Å². The van der Waals surface area contributed by atoms with Crippen LogP contribution in [0.3, 0.4) is 0 Å².